The molecule has 17 nitrogen and oxygen atoms in total. The van der Waals surface area contributed by atoms with Gasteiger partial charge < -0.3 is 33.8 Å². The van der Waals surface area contributed by atoms with Gasteiger partial charge in [0, 0.05) is 25.7 Å². The fourth-order valence-corrected chi connectivity index (χ4v) is 11.8. The molecule has 0 fully saturated rings. The number of carbonyl (C=O) groups is 4. The minimum atomic E-state index is -5.02. The predicted molar refractivity (Wildman–Crippen MR) is 445 cm³/mol. The van der Waals surface area contributed by atoms with E-state index in [9.17, 15) is 43.2 Å². The van der Waals surface area contributed by atoms with Crippen LogP contribution < -0.4 is 0 Å². The first-order valence-electron chi connectivity index (χ1n) is 41.0. The molecule has 0 bridgehead atoms. The van der Waals surface area contributed by atoms with Crippen molar-refractivity contribution < 1.29 is 80.2 Å². The Balaban J connectivity index is 5.49. The van der Waals surface area contributed by atoms with Gasteiger partial charge in [-0.1, -0.05) is 287 Å². The van der Waals surface area contributed by atoms with Gasteiger partial charge in [-0.25, -0.2) is 9.13 Å². The van der Waals surface area contributed by atoms with E-state index in [4.69, 9.17) is 37.0 Å². The van der Waals surface area contributed by atoms with Crippen molar-refractivity contribution in [3.05, 3.63) is 182 Å². The number of unbranched alkanes of at least 4 members (excludes halogenated alkanes) is 19. The maximum Gasteiger partial charge on any atom is 0.472 e. The average molecular weight is 1550 g/mol. The highest BCUT2D eigenvalue weighted by Crippen LogP contribution is 2.45. The summed E-state index contributed by atoms with van der Waals surface area (Å²) >= 11 is 0. The lowest BCUT2D eigenvalue weighted by Gasteiger charge is -2.21. The molecule has 0 aromatic heterocycles. The van der Waals surface area contributed by atoms with Crippen molar-refractivity contribution in [2.24, 2.45) is 0 Å². The van der Waals surface area contributed by atoms with E-state index < -0.39 is 97.5 Å². The summed E-state index contributed by atoms with van der Waals surface area (Å²) in [5.41, 5.74) is 0. The number of rotatable bonds is 75. The Morgan fingerprint density at radius 3 is 0.815 bits per heavy atom. The zero-order valence-corrected chi connectivity index (χ0v) is 68.7. The Hall–Kier alpha value is -5.84. The molecule has 0 aliphatic heterocycles. The van der Waals surface area contributed by atoms with Crippen LogP contribution in [0.1, 0.15) is 297 Å². The van der Waals surface area contributed by atoms with Gasteiger partial charge in [-0.3, -0.25) is 37.3 Å². The fraction of sp³-hybridized carbons (Fsp3) is 0.618. The molecular formula is C89H144O17P2. The van der Waals surface area contributed by atoms with Crippen molar-refractivity contribution in [3.8, 4) is 0 Å². The highest BCUT2D eigenvalue weighted by Gasteiger charge is 2.30. The molecule has 19 heteroatoms. The van der Waals surface area contributed by atoms with Crippen molar-refractivity contribution in [2.45, 2.75) is 316 Å². The molecule has 0 saturated carbocycles. The fourth-order valence-electron chi connectivity index (χ4n) is 10.2. The highest BCUT2D eigenvalue weighted by atomic mass is 31.2. The number of allylic oxidation sites excluding steroid dienone is 30. The molecule has 0 radical (unpaired) electrons. The van der Waals surface area contributed by atoms with Gasteiger partial charge in [0.2, 0.25) is 0 Å². The summed E-state index contributed by atoms with van der Waals surface area (Å²) < 4.78 is 68.6. The first-order chi connectivity index (χ1) is 52.7. The van der Waals surface area contributed by atoms with Crippen molar-refractivity contribution in [2.75, 3.05) is 39.6 Å². The summed E-state index contributed by atoms with van der Waals surface area (Å²) in [6, 6.07) is 0. The zero-order valence-electron chi connectivity index (χ0n) is 66.9. The van der Waals surface area contributed by atoms with Gasteiger partial charge in [-0.15, -0.1) is 0 Å². The molecule has 3 N–H and O–H groups in total. The van der Waals surface area contributed by atoms with E-state index in [1.165, 1.54) is 25.7 Å². The molecule has 0 aromatic carbocycles. The molecule has 0 aliphatic carbocycles. The summed E-state index contributed by atoms with van der Waals surface area (Å²) in [5.74, 6) is -2.34. The Bertz CT molecular complexity index is 2760. The molecular weight excluding hydrogens is 1400 g/mol. The molecule has 108 heavy (non-hydrogen) atoms. The lowest BCUT2D eigenvalue weighted by Crippen LogP contribution is -2.30. The number of aliphatic hydroxyl groups excluding tert-OH is 1. The Morgan fingerprint density at radius 2 is 0.500 bits per heavy atom. The number of ether oxygens (including phenoxy) is 4. The van der Waals surface area contributed by atoms with Gasteiger partial charge in [0.1, 0.15) is 19.3 Å². The lowest BCUT2D eigenvalue weighted by molar-refractivity contribution is -0.161. The Kier molecular flexibility index (Phi) is 75.0. The van der Waals surface area contributed by atoms with E-state index >= 15 is 0 Å². The quantitative estimate of drug-likeness (QED) is 0.0169. The standard InChI is InChI=1S/C89H144O17P2/c1-5-9-13-17-21-25-29-33-36-39-41-44-47-51-54-58-62-66-70-74-87(92)100-80-85(106-89(94)76-72-68-64-60-56-52-48-45-42-40-37-34-30-26-22-18-14-10-6-2)82-104-108(97,98)102-78-83(90)77-101-107(95,96)103-81-84(105-88(93)75-71-67-63-59-55-49-32-28-24-20-16-12-8-4)79-99-86(91)73-69-65-61-57-53-50-46-43-38-35-31-27-23-19-15-11-7-3/h9-11,13-15,21-23,25-28,32-38,41-42,44-45,51-52,54,56,62,66,83-85,90H,5-8,12,16-20,24,29-31,39-40,43,46-50,53,55,57-61,63-65,67-82H2,1-4H3,(H,95,96)(H,97,98)/b13-9-,14-10-,15-11-,25-21-,26-22-,27-23-,32-28-,36-33-,37-34-,38-35-,44-41-,45-42-,54-51-,56-52-,66-62-. The number of phosphoric acid groups is 2. The van der Waals surface area contributed by atoms with E-state index in [0.717, 1.165) is 186 Å². The van der Waals surface area contributed by atoms with Gasteiger partial charge in [-0.2, -0.15) is 0 Å². The highest BCUT2D eigenvalue weighted by molar-refractivity contribution is 7.47. The number of phosphoric ester groups is 2. The van der Waals surface area contributed by atoms with E-state index in [2.05, 4.69) is 192 Å². The van der Waals surface area contributed by atoms with Crippen LogP contribution in [0.2, 0.25) is 0 Å². The summed E-state index contributed by atoms with van der Waals surface area (Å²) in [6.45, 7) is 4.37. The van der Waals surface area contributed by atoms with Crippen LogP contribution in [0.3, 0.4) is 0 Å². The summed E-state index contributed by atoms with van der Waals surface area (Å²) in [7, 11) is -10.0. The van der Waals surface area contributed by atoms with Gasteiger partial charge in [-0.05, 0) is 167 Å². The molecule has 612 valence electrons. The monoisotopic (exact) mass is 1550 g/mol. The Morgan fingerprint density at radius 1 is 0.269 bits per heavy atom. The lowest BCUT2D eigenvalue weighted by atomic mass is 10.1. The van der Waals surface area contributed by atoms with Crippen LogP contribution in [0, 0.1) is 0 Å². The van der Waals surface area contributed by atoms with E-state index in [1.54, 1.807) is 0 Å². The van der Waals surface area contributed by atoms with Crippen LogP contribution in [0.5, 0.6) is 0 Å². The number of carbonyl (C=O) groups excluding carboxylic acids is 4. The number of aliphatic hydroxyl groups is 1. The third-order valence-corrected chi connectivity index (χ3v) is 18.3. The van der Waals surface area contributed by atoms with Crippen LogP contribution >= 0.6 is 15.6 Å². The third-order valence-electron chi connectivity index (χ3n) is 16.4. The number of esters is 4. The zero-order chi connectivity index (χ0) is 78.9. The Labute approximate surface area is 654 Å². The van der Waals surface area contributed by atoms with Crippen molar-refractivity contribution >= 4 is 39.5 Å². The van der Waals surface area contributed by atoms with Gasteiger partial charge >= 0.3 is 39.5 Å². The first-order valence-corrected chi connectivity index (χ1v) is 44.0. The second-order valence-electron chi connectivity index (χ2n) is 26.6. The minimum Gasteiger partial charge on any atom is -0.462 e. The second kappa shape index (κ2) is 79.3. The smallest absolute Gasteiger partial charge is 0.462 e. The maximum atomic E-state index is 13.1. The van der Waals surface area contributed by atoms with Crippen molar-refractivity contribution in [1.82, 2.24) is 0 Å². The molecule has 5 atom stereocenters. The molecule has 0 spiro atoms. The van der Waals surface area contributed by atoms with Crippen LogP contribution in [0.4, 0.5) is 0 Å². The van der Waals surface area contributed by atoms with Gasteiger partial charge in [0.15, 0.2) is 12.2 Å². The van der Waals surface area contributed by atoms with E-state index in [0.29, 0.717) is 32.1 Å². The summed E-state index contributed by atoms with van der Waals surface area (Å²) in [5, 5.41) is 10.7. The van der Waals surface area contributed by atoms with Crippen LogP contribution in [-0.2, 0) is 65.4 Å². The molecule has 5 unspecified atom stereocenters. The largest absolute Gasteiger partial charge is 0.472 e. The number of hydrogen-bond acceptors (Lipinski definition) is 15. The van der Waals surface area contributed by atoms with Crippen molar-refractivity contribution in [1.29, 1.82) is 0 Å². The molecule has 0 rings (SSSR count). The average Bonchev–Trinajstić information content (AvgIpc) is 0.892. The molecule has 0 heterocycles. The minimum absolute atomic E-state index is 0.0214. The van der Waals surface area contributed by atoms with E-state index in [1.807, 2.05) is 18.2 Å². The summed E-state index contributed by atoms with van der Waals surface area (Å²) in [6.07, 6.45) is 95.9. The maximum absolute atomic E-state index is 13.1. The van der Waals surface area contributed by atoms with Crippen LogP contribution in [0.25, 0.3) is 0 Å². The first kappa shape index (κ1) is 102. The number of hydrogen-bond donors (Lipinski definition) is 3. The third kappa shape index (κ3) is 78.3. The van der Waals surface area contributed by atoms with Crippen molar-refractivity contribution in [3.63, 3.8) is 0 Å². The molecule has 0 aliphatic rings. The second-order valence-corrected chi connectivity index (χ2v) is 29.5. The van der Waals surface area contributed by atoms with Gasteiger partial charge in [0.25, 0.3) is 0 Å². The SMILES string of the molecule is CC/C=C\C/C=C\C/C=C\C/C=C\C/C=C\C/C=C\CCC(=O)OCC(COP(=O)(O)OCC(O)COP(=O)(O)OCC(COC(=O)CCCCCCCCC/C=C\C/C=C\C/C=C\CC)OC(=O)CCCCCCC/C=C\CCCCCC)OC(=O)CCCCC/C=C\C/C=C\C/C=C\C/C=C\C/C=C\CC. The normalized spacial score (nSPS) is 14.8. The van der Waals surface area contributed by atoms with Crippen LogP contribution in [-0.4, -0.2) is 96.7 Å². The molecule has 0 saturated heterocycles. The summed E-state index contributed by atoms with van der Waals surface area (Å²) in [4.78, 5) is 73.1. The predicted octanol–water partition coefficient (Wildman–Crippen LogP) is 24.3. The van der Waals surface area contributed by atoms with Gasteiger partial charge in [0.05, 0.1) is 26.4 Å². The topological polar surface area (TPSA) is 237 Å². The molecule has 0 aromatic rings. The van der Waals surface area contributed by atoms with E-state index in [-0.39, 0.29) is 25.7 Å². The molecule has 0 amide bonds. The van der Waals surface area contributed by atoms with Crippen LogP contribution in [0.15, 0.2) is 182 Å².